The van der Waals surface area contributed by atoms with Crippen molar-refractivity contribution in [3.8, 4) is 5.75 Å². The Morgan fingerprint density at radius 3 is 2.08 bits per heavy atom. The molecule has 0 saturated heterocycles. The van der Waals surface area contributed by atoms with Gasteiger partial charge in [-0.25, -0.2) is 0 Å². The number of hydrogen-bond donors (Lipinski definition) is 1. The second-order valence-electron chi connectivity index (χ2n) is 9.60. The Balaban J connectivity index is 1.89. The fraction of sp³-hybridized carbons (Fsp3) is 0.310. The van der Waals surface area contributed by atoms with Crippen LogP contribution >= 0.6 is 23.2 Å². The molecule has 0 radical (unpaired) electrons. The van der Waals surface area contributed by atoms with E-state index in [1.54, 1.807) is 25.2 Å². The van der Waals surface area contributed by atoms with E-state index in [0.29, 0.717) is 27.8 Å². The SMILES string of the molecule is CNC(=O)C(Cc1ccccc1)N(Cc1c(Cl)cccc1Cl)C(=O)COc1ccc(C(C)(C)C)cc1. The van der Waals surface area contributed by atoms with Gasteiger partial charge in [-0.2, -0.15) is 0 Å². The number of likely N-dealkylation sites (N-methyl/N-ethyl adjacent to an activating group) is 1. The summed E-state index contributed by atoms with van der Waals surface area (Å²) in [6, 6.07) is 21.6. The topological polar surface area (TPSA) is 58.6 Å². The predicted molar refractivity (Wildman–Crippen MR) is 146 cm³/mol. The van der Waals surface area contributed by atoms with Crippen molar-refractivity contribution in [2.24, 2.45) is 0 Å². The molecule has 5 nitrogen and oxygen atoms in total. The minimum Gasteiger partial charge on any atom is -0.484 e. The predicted octanol–water partition coefficient (Wildman–Crippen LogP) is 6.06. The number of halogens is 2. The summed E-state index contributed by atoms with van der Waals surface area (Å²) in [7, 11) is 1.55. The van der Waals surface area contributed by atoms with Crippen LogP contribution in [0.25, 0.3) is 0 Å². The maximum atomic E-state index is 13.6. The maximum Gasteiger partial charge on any atom is 0.261 e. The van der Waals surface area contributed by atoms with E-state index in [1.165, 1.54) is 10.5 Å². The van der Waals surface area contributed by atoms with Crippen molar-refractivity contribution < 1.29 is 14.3 Å². The van der Waals surface area contributed by atoms with E-state index >= 15 is 0 Å². The number of rotatable bonds is 9. The fourth-order valence-corrected chi connectivity index (χ4v) is 4.37. The van der Waals surface area contributed by atoms with Gasteiger partial charge in [0.2, 0.25) is 5.91 Å². The lowest BCUT2D eigenvalue weighted by Gasteiger charge is -2.31. The number of carbonyl (C=O) groups excluding carboxylic acids is 2. The van der Waals surface area contributed by atoms with Gasteiger partial charge in [0.05, 0.1) is 0 Å². The summed E-state index contributed by atoms with van der Waals surface area (Å²) in [5.41, 5.74) is 2.68. The van der Waals surface area contributed by atoms with Crippen molar-refractivity contribution in [1.82, 2.24) is 10.2 Å². The molecule has 190 valence electrons. The maximum absolute atomic E-state index is 13.6. The number of ether oxygens (including phenoxy) is 1. The van der Waals surface area contributed by atoms with Crippen LogP contribution in [-0.2, 0) is 28.0 Å². The average molecular weight is 527 g/mol. The molecule has 7 heteroatoms. The standard InChI is InChI=1S/C29H32Cl2N2O3/c1-29(2,3)21-13-15-22(16-14-21)36-19-27(34)33(18-23-24(30)11-8-12-25(23)31)26(28(35)32-4)17-20-9-6-5-7-10-20/h5-16,26H,17-19H2,1-4H3,(H,32,35). The molecule has 36 heavy (non-hydrogen) atoms. The van der Waals surface area contributed by atoms with E-state index in [0.717, 1.165) is 5.56 Å². The summed E-state index contributed by atoms with van der Waals surface area (Å²) < 4.78 is 5.84. The van der Waals surface area contributed by atoms with E-state index in [2.05, 4.69) is 26.1 Å². The lowest BCUT2D eigenvalue weighted by Crippen LogP contribution is -2.51. The lowest BCUT2D eigenvalue weighted by atomic mass is 9.87. The fourth-order valence-electron chi connectivity index (χ4n) is 3.85. The first-order valence-corrected chi connectivity index (χ1v) is 12.6. The zero-order valence-corrected chi connectivity index (χ0v) is 22.6. The Kier molecular flexibility index (Phi) is 9.41. The van der Waals surface area contributed by atoms with Crippen molar-refractivity contribution in [1.29, 1.82) is 0 Å². The first-order chi connectivity index (χ1) is 17.1. The van der Waals surface area contributed by atoms with Crippen LogP contribution < -0.4 is 10.1 Å². The molecule has 1 atom stereocenters. The summed E-state index contributed by atoms with van der Waals surface area (Å²) in [5.74, 6) is -0.0630. The van der Waals surface area contributed by atoms with Crippen LogP contribution in [-0.4, -0.2) is 36.4 Å². The van der Waals surface area contributed by atoms with Gasteiger partial charge in [0.25, 0.3) is 5.91 Å². The van der Waals surface area contributed by atoms with Gasteiger partial charge in [-0.3, -0.25) is 9.59 Å². The van der Waals surface area contributed by atoms with Gasteiger partial charge in [-0.05, 0) is 40.8 Å². The minimum atomic E-state index is -0.788. The third-order valence-corrected chi connectivity index (χ3v) is 6.70. The van der Waals surface area contributed by atoms with E-state index in [1.807, 2.05) is 54.6 Å². The van der Waals surface area contributed by atoms with Crippen molar-refractivity contribution in [2.75, 3.05) is 13.7 Å². The monoisotopic (exact) mass is 526 g/mol. The van der Waals surface area contributed by atoms with E-state index in [-0.39, 0.29) is 30.4 Å². The smallest absolute Gasteiger partial charge is 0.261 e. The molecule has 0 aliphatic carbocycles. The molecule has 1 unspecified atom stereocenters. The van der Waals surface area contributed by atoms with E-state index in [9.17, 15) is 9.59 Å². The minimum absolute atomic E-state index is 0.0115. The highest BCUT2D eigenvalue weighted by molar-refractivity contribution is 6.36. The largest absolute Gasteiger partial charge is 0.484 e. The van der Waals surface area contributed by atoms with Crippen LogP contribution in [0.1, 0.15) is 37.5 Å². The Morgan fingerprint density at radius 1 is 0.917 bits per heavy atom. The first kappa shape index (κ1) is 27.6. The van der Waals surface area contributed by atoms with Crippen LogP contribution in [0.2, 0.25) is 10.0 Å². The molecule has 0 bridgehead atoms. The summed E-state index contributed by atoms with van der Waals surface area (Å²) in [6.45, 7) is 6.23. The van der Waals surface area contributed by atoms with Crippen molar-refractivity contribution in [2.45, 2.75) is 45.2 Å². The summed E-state index contributed by atoms with van der Waals surface area (Å²) in [5, 5.41) is 3.54. The second-order valence-corrected chi connectivity index (χ2v) is 10.4. The molecule has 3 aromatic carbocycles. The van der Waals surface area contributed by atoms with Gasteiger partial charge in [0.15, 0.2) is 6.61 Å². The number of carbonyl (C=O) groups is 2. The Hall–Kier alpha value is -3.02. The van der Waals surface area contributed by atoms with Crippen LogP contribution in [0.15, 0.2) is 72.8 Å². The molecule has 0 spiro atoms. The van der Waals surface area contributed by atoms with Crippen molar-refractivity contribution in [3.63, 3.8) is 0 Å². The molecule has 3 aromatic rings. The quantitative estimate of drug-likeness (QED) is 0.368. The van der Waals surface area contributed by atoms with Crippen LogP contribution in [0.3, 0.4) is 0 Å². The lowest BCUT2D eigenvalue weighted by molar-refractivity contribution is -0.142. The molecule has 0 aromatic heterocycles. The van der Waals surface area contributed by atoms with Gasteiger partial charge in [0, 0.05) is 35.6 Å². The van der Waals surface area contributed by atoms with E-state index < -0.39 is 6.04 Å². The Bertz CT molecular complexity index is 1160. The molecular formula is C29H32Cl2N2O3. The van der Waals surface area contributed by atoms with Crippen molar-refractivity contribution in [3.05, 3.63) is 99.5 Å². The molecule has 0 aliphatic heterocycles. The Morgan fingerprint density at radius 2 is 1.53 bits per heavy atom. The summed E-state index contributed by atoms with van der Waals surface area (Å²) in [4.78, 5) is 28.1. The zero-order valence-electron chi connectivity index (χ0n) is 21.1. The summed E-state index contributed by atoms with van der Waals surface area (Å²) >= 11 is 12.9. The average Bonchev–Trinajstić information content (AvgIpc) is 2.86. The van der Waals surface area contributed by atoms with Gasteiger partial charge >= 0.3 is 0 Å². The highest BCUT2D eigenvalue weighted by Crippen LogP contribution is 2.28. The summed E-state index contributed by atoms with van der Waals surface area (Å²) in [6.07, 6.45) is 0.328. The molecule has 3 rings (SSSR count). The third-order valence-electron chi connectivity index (χ3n) is 5.99. The van der Waals surface area contributed by atoms with Gasteiger partial charge < -0.3 is 15.0 Å². The molecule has 0 saturated carbocycles. The van der Waals surface area contributed by atoms with Crippen LogP contribution in [0.4, 0.5) is 0 Å². The Labute approximate surface area is 223 Å². The zero-order chi connectivity index (χ0) is 26.3. The second kappa shape index (κ2) is 12.3. The first-order valence-electron chi connectivity index (χ1n) is 11.8. The molecular weight excluding hydrogens is 495 g/mol. The normalized spacial score (nSPS) is 12.1. The molecule has 2 amide bonds. The van der Waals surface area contributed by atoms with Gasteiger partial charge in [0.1, 0.15) is 11.8 Å². The van der Waals surface area contributed by atoms with Crippen molar-refractivity contribution >= 4 is 35.0 Å². The molecule has 0 aliphatic rings. The number of nitrogens with one attached hydrogen (secondary N) is 1. The highest BCUT2D eigenvalue weighted by Gasteiger charge is 2.31. The third kappa shape index (κ3) is 7.25. The highest BCUT2D eigenvalue weighted by atomic mass is 35.5. The van der Waals surface area contributed by atoms with Gasteiger partial charge in [-0.1, -0.05) is 92.5 Å². The van der Waals surface area contributed by atoms with Crippen LogP contribution in [0.5, 0.6) is 5.75 Å². The molecule has 0 heterocycles. The number of benzene rings is 3. The van der Waals surface area contributed by atoms with Gasteiger partial charge in [-0.15, -0.1) is 0 Å². The number of nitrogens with zero attached hydrogens (tertiary/aromatic N) is 1. The number of amides is 2. The van der Waals surface area contributed by atoms with Crippen LogP contribution in [0, 0.1) is 0 Å². The molecule has 1 N–H and O–H groups in total. The van der Waals surface area contributed by atoms with E-state index in [4.69, 9.17) is 27.9 Å². The number of hydrogen-bond acceptors (Lipinski definition) is 3. The molecule has 0 fully saturated rings.